The molecule has 3 N–H and O–H groups in total. The first kappa shape index (κ1) is 17.6. The third kappa shape index (κ3) is 3.59. The number of halogens is 1. The minimum absolute atomic E-state index is 0.0437. The molecule has 1 heterocycles. The molecule has 1 aliphatic rings. The van der Waals surface area contributed by atoms with Crippen LogP contribution >= 0.6 is 11.6 Å². The van der Waals surface area contributed by atoms with Gasteiger partial charge < -0.3 is 20.2 Å². The molecule has 0 unspecified atom stereocenters. The van der Waals surface area contributed by atoms with Crippen molar-refractivity contribution in [1.29, 1.82) is 0 Å². The van der Waals surface area contributed by atoms with E-state index in [4.69, 9.17) is 16.0 Å². The van der Waals surface area contributed by atoms with E-state index in [0.29, 0.717) is 0 Å². The Balaban J connectivity index is 1.79. The summed E-state index contributed by atoms with van der Waals surface area (Å²) < 4.78 is 28.9. The lowest BCUT2D eigenvalue weighted by Crippen LogP contribution is -2.34. The summed E-state index contributed by atoms with van der Waals surface area (Å²) in [6.07, 6.45) is 5.07. The van der Waals surface area contributed by atoms with Crippen LogP contribution < -0.4 is 10.6 Å². The molecule has 25 heavy (non-hydrogen) atoms. The number of carbonyl (C=O) groups is 1. The lowest BCUT2D eigenvalue weighted by Gasteiger charge is -2.22. The lowest BCUT2D eigenvalue weighted by atomic mass is 9.94. The van der Waals surface area contributed by atoms with Crippen LogP contribution in [0.3, 0.4) is 0 Å². The monoisotopic (exact) mass is 384 g/mol. The zero-order valence-corrected chi connectivity index (χ0v) is 14.9. The highest BCUT2D eigenvalue weighted by atomic mass is 35.5. The minimum Gasteiger partial charge on any atom is -0.504 e. The quantitative estimate of drug-likeness (QED) is 0.704. The second-order valence-corrected chi connectivity index (χ2v) is 8.26. The van der Waals surface area contributed by atoms with Gasteiger partial charge in [-0.15, -0.1) is 0 Å². The number of aryl methyl sites for hydroxylation is 1. The molecule has 0 radical (unpaired) electrons. The van der Waals surface area contributed by atoms with E-state index < -0.39 is 26.5 Å². The van der Waals surface area contributed by atoms with E-state index in [0.717, 1.165) is 36.8 Å². The Morgan fingerprint density at radius 3 is 2.84 bits per heavy atom. The molecule has 2 aromatic rings. The van der Waals surface area contributed by atoms with E-state index >= 15 is 0 Å². The third-order valence-electron chi connectivity index (χ3n) is 4.04. The van der Waals surface area contributed by atoms with Crippen LogP contribution in [0.1, 0.15) is 30.2 Å². The number of carbonyl (C=O) groups excluding carboxylic acids is 1. The fraction of sp³-hybridized carbons (Fsp3) is 0.312. The van der Waals surface area contributed by atoms with E-state index in [-0.39, 0.29) is 16.8 Å². The molecule has 0 aliphatic heterocycles. The number of benzene rings is 1. The van der Waals surface area contributed by atoms with Crippen molar-refractivity contribution in [2.45, 2.75) is 30.2 Å². The van der Waals surface area contributed by atoms with Crippen molar-refractivity contribution in [3.63, 3.8) is 0 Å². The summed E-state index contributed by atoms with van der Waals surface area (Å²) in [4.78, 5) is 11.8. The maximum absolute atomic E-state index is 12.3. The fourth-order valence-corrected chi connectivity index (χ4v) is 4.40. The molecule has 0 saturated heterocycles. The van der Waals surface area contributed by atoms with Gasteiger partial charge in [0.05, 0.1) is 23.0 Å². The maximum atomic E-state index is 12.3. The second kappa shape index (κ2) is 6.61. The number of nitrogens with one attached hydrogen (secondary N) is 2. The van der Waals surface area contributed by atoms with Crippen molar-refractivity contribution in [3.8, 4) is 5.75 Å². The van der Waals surface area contributed by atoms with Gasteiger partial charge in [-0.25, -0.2) is 13.2 Å². The highest BCUT2D eigenvalue weighted by Crippen LogP contribution is 2.37. The van der Waals surface area contributed by atoms with Crippen LogP contribution in [0.5, 0.6) is 5.75 Å². The van der Waals surface area contributed by atoms with Crippen LogP contribution in [0.25, 0.3) is 0 Å². The van der Waals surface area contributed by atoms with Crippen molar-refractivity contribution >= 4 is 33.2 Å². The van der Waals surface area contributed by atoms with Crippen LogP contribution in [-0.4, -0.2) is 25.8 Å². The number of aromatic hydroxyl groups is 1. The molecular formula is C16H17ClN2O5S. The van der Waals surface area contributed by atoms with Gasteiger partial charge in [-0.1, -0.05) is 11.6 Å². The standard InChI is InChI=1S/C16H17ClN2O5S/c1-25(22,23)15-10(17)5-6-11(13(15)20)18-16(21)19-12-4-2-3-9-7-8-24-14(9)12/h5-8,12,20H,2-4H2,1H3,(H2,18,19,21)/t12-/m1/s1. The molecule has 9 heteroatoms. The van der Waals surface area contributed by atoms with Crippen LogP contribution in [0.2, 0.25) is 5.02 Å². The summed E-state index contributed by atoms with van der Waals surface area (Å²) in [5.41, 5.74) is 1.02. The number of furan rings is 1. The topological polar surface area (TPSA) is 109 Å². The zero-order chi connectivity index (χ0) is 18.2. The first-order valence-corrected chi connectivity index (χ1v) is 9.89. The molecule has 7 nitrogen and oxygen atoms in total. The third-order valence-corrected chi connectivity index (χ3v) is 5.63. The van der Waals surface area contributed by atoms with Gasteiger partial charge in [0.25, 0.3) is 0 Å². The highest BCUT2D eigenvalue weighted by molar-refractivity contribution is 7.91. The predicted molar refractivity (Wildman–Crippen MR) is 92.8 cm³/mol. The number of sulfone groups is 1. The number of urea groups is 1. The summed E-state index contributed by atoms with van der Waals surface area (Å²) in [6, 6.07) is 3.67. The predicted octanol–water partition coefficient (Wildman–Crippen LogP) is 3.24. The van der Waals surface area contributed by atoms with Gasteiger partial charge in [-0.2, -0.15) is 0 Å². The normalized spacial score (nSPS) is 17.0. The molecule has 1 aromatic carbocycles. The molecule has 0 saturated carbocycles. The number of amides is 2. The van der Waals surface area contributed by atoms with Gasteiger partial charge in [0, 0.05) is 6.26 Å². The van der Waals surface area contributed by atoms with Crippen LogP contribution in [-0.2, 0) is 16.3 Å². The molecule has 1 aliphatic carbocycles. The van der Waals surface area contributed by atoms with Crippen molar-refractivity contribution in [3.05, 3.63) is 40.8 Å². The smallest absolute Gasteiger partial charge is 0.319 e. The molecule has 0 spiro atoms. The van der Waals surface area contributed by atoms with Gasteiger partial charge in [-0.05, 0) is 43.0 Å². The van der Waals surface area contributed by atoms with E-state index in [1.54, 1.807) is 6.26 Å². The Morgan fingerprint density at radius 2 is 2.12 bits per heavy atom. The molecule has 0 bridgehead atoms. The maximum Gasteiger partial charge on any atom is 0.319 e. The fourth-order valence-electron chi connectivity index (χ4n) is 2.94. The van der Waals surface area contributed by atoms with E-state index in [9.17, 15) is 18.3 Å². The molecule has 1 atom stereocenters. The number of anilines is 1. The van der Waals surface area contributed by atoms with E-state index in [1.165, 1.54) is 12.1 Å². The largest absolute Gasteiger partial charge is 0.504 e. The van der Waals surface area contributed by atoms with Gasteiger partial charge >= 0.3 is 6.03 Å². The van der Waals surface area contributed by atoms with Crippen LogP contribution in [0.4, 0.5) is 10.5 Å². The van der Waals surface area contributed by atoms with Gasteiger partial charge in [-0.3, -0.25) is 0 Å². The zero-order valence-electron chi connectivity index (χ0n) is 13.4. The summed E-state index contributed by atoms with van der Waals surface area (Å²) in [5.74, 6) is 0.131. The molecule has 134 valence electrons. The van der Waals surface area contributed by atoms with Crippen molar-refractivity contribution in [2.24, 2.45) is 0 Å². The number of phenolic OH excluding ortho intramolecular Hbond substituents is 1. The van der Waals surface area contributed by atoms with Crippen molar-refractivity contribution < 1.29 is 22.7 Å². The number of rotatable bonds is 3. The Morgan fingerprint density at radius 1 is 1.36 bits per heavy atom. The first-order valence-electron chi connectivity index (χ1n) is 7.62. The van der Waals surface area contributed by atoms with E-state index in [2.05, 4.69) is 10.6 Å². The van der Waals surface area contributed by atoms with Gasteiger partial charge in [0.15, 0.2) is 15.6 Å². The summed E-state index contributed by atoms with van der Waals surface area (Å²) >= 11 is 5.84. The molecule has 0 fully saturated rings. The van der Waals surface area contributed by atoms with Gasteiger partial charge in [0.1, 0.15) is 10.7 Å². The van der Waals surface area contributed by atoms with Crippen LogP contribution in [0.15, 0.2) is 33.8 Å². The Hall–Kier alpha value is -2.19. The highest BCUT2D eigenvalue weighted by Gasteiger charge is 2.26. The SMILES string of the molecule is CS(=O)(=O)c1c(Cl)ccc(NC(=O)N[C@@H]2CCCc3ccoc32)c1O. The van der Waals surface area contributed by atoms with Gasteiger partial charge in [0.2, 0.25) is 0 Å². The Kier molecular flexibility index (Phi) is 4.66. The summed E-state index contributed by atoms with van der Waals surface area (Å²) in [5, 5.41) is 15.3. The second-order valence-electron chi connectivity index (χ2n) is 5.90. The molecule has 3 rings (SSSR count). The number of hydrogen-bond acceptors (Lipinski definition) is 5. The lowest BCUT2D eigenvalue weighted by molar-refractivity contribution is 0.244. The number of hydrogen-bond donors (Lipinski definition) is 3. The molecular weight excluding hydrogens is 368 g/mol. The van der Waals surface area contributed by atoms with E-state index in [1.807, 2.05) is 6.07 Å². The average molecular weight is 385 g/mol. The average Bonchev–Trinajstić information content (AvgIpc) is 2.98. The first-order chi connectivity index (χ1) is 11.8. The Bertz CT molecular complexity index is 923. The molecule has 1 aromatic heterocycles. The number of fused-ring (bicyclic) bond motifs is 1. The number of phenols is 1. The van der Waals surface area contributed by atoms with Crippen LogP contribution in [0, 0.1) is 0 Å². The Labute approximate surface area is 149 Å². The minimum atomic E-state index is -3.75. The summed E-state index contributed by atoms with van der Waals surface area (Å²) in [7, 11) is -3.75. The van der Waals surface area contributed by atoms with Crippen molar-refractivity contribution in [1.82, 2.24) is 5.32 Å². The summed E-state index contributed by atoms with van der Waals surface area (Å²) in [6.45, 7) is 0. The molecule has 2 amide bonds. The van der Waals surface area contributed by atoms with Crippen molar-refractivity contribution in [2.75, 3.05) is 11.6 Å².